The van der Waals surface area contributed by atoms with Crippen molar-refractivity contribution in [2.75, 3.05) is 35.6 Å². The van der Waals surface area contributed by atoms with Crippen molar-refractivity contribution in [1.29, 1.82) is 0 Å². The van der Waals surface area contributed by atoms with E-state index in [2.05, 4.69) is 15.3 Å². The monoisotopic (exact) mass is 475 g/mol. The second-order valence-corrected chi connectivity index (χ2v) is 9.03. The Morgan fingerprint density at radius 2 is 2.03 bits per heavy atom. The van der Waals surface area contributed by atoms with Crippen molar-refractivity contribution in [3.05, 3.63) is 40.9 Å². The summed E-state index contributed by atoms with van der Waals surface area (Å²) in [4.78, 5) is 36.8. The van der Waals surface area contributed by atoms with E-state index in [0.717, 1.165) is 17.7 Å². The number of halogens is 2. The standard InChI is InChI=1S/C22H27ClFN7O2/c1-12-7-13(23)9-14(8-12)29-16-3-2-5-31(22(16)33)17-10-30(6-4-15(17)20(26)32)21-18(24)19(25)27-11-28-21/h7-9,11,15-17,29H,2-6,10H2,1H3,(H2,26,32)(H2,25,27,28)/t15-,16+,17-/m0/s1. The van der Waals surface area contributed by atoms with E-state index in [9.17, 15) is 14.0 Å². The maximum Gasteiger partial charge on any atom is 0.245 e. The Morgan fingerprint density at radius 3 is 2.76 bits per heavy atom. The van der Waals surface area contributed by atoms with Crippen LogP contribution in [0.25, 0.3) is 0 Å². The van der Waals surface area contributed by atoms with E-state index in [1.807, 2.05) is 19.1 Å². The Balaban J connectivity index is 1.57. The molecule has 1 aromatic heterocycles. The zero-order chi connectivity index (χ0) is 23.7. The highest BCUT2D eigenvalue weighted by atomic mass is 35.5. The smallest absolute Gasteiger partial charge is 0.245 e. The molecule has 11 heteroatoms. The number of amides is 2. The van der Waals surface area contributed by atoms with Gasteiger partial charge < -0.3 is 26.6 Å². The van der Waals surface area contributed by atoms with Crippen LogP contribution < -0.4 is 21.7 Å². The van der Waals surface area contributed by atoms with Gasteiger partial charge in [0.05, 0.1) is 12.0 Å². The molecule has 0 saturated carbocycles. The number of nitrogen functional groups attached to an aromatic ring is 1. The maximum absolute atomic E-state index is 14.6. The predicted octanol–water partition coefficient (Wildman–Crippen LogP) is 1.94. The SMILES string of the molecule is Cc1cc(Cl)cc(N[C@@H]2CCCN([C@H]3CN(c4ncnc(N)c4F)CC[C@@H]3C(N)=O)C2=O)c1. The molecule has 9 nitrogen and oxygen atoms in total. The molecular weight excluding hydrogens is 449 g/mol. The zero-order valence-corrected chi connectivity index (χ0v) is 19.1. The van der Waals surface area contributed by atoms with E-state index in [1.165, 1.54) is 6.33 Å². The van der Waals surface area contributed by atoms with Crippen molar-refractivity contribution in [1.82, 2.24) is 14.9 Å². The average Bonchev–Trinajstić information content (AvgIpc) is 2.76. The van der Waals surface area contributed by atoms with Gasteiger partial charge in [-0.3, -0.25) is 9.59 Å². The first-order valence-electron chi connectivity index (χ1n) is 10.9. The molecule has 0 radical (unpaired) electrons. The van der Waals surface area contributed by atoms with Crippen LogP contribution in [0.3, 0.4) is 0 Å². The Hall–Kier alpha value is -3.14. The summed E-state index contributed by atoms with van der Waals surface area (Å²) in [5.41, 5.74) is 13.0. The third-order valence-corrected chi connectivity index (χ3v) is 6.52. The molecule has 2 fully saturated rings. The second-order valence-electron chi connectivity index (χ2n) is 8.60. The highest BCUT2D eigenvalue weighted by Gasteiger charge is 2.42. The zero-order valence-electron chi connectivity index (χ0n) is 18.3. The number of carbonyl (C=O) groups is 2. The van der Waals surface area contributed by atoms with E-state index in [0.29, 0.717) is 31.0 Å². The molecule has 2 amide bonds. The average molecular weight is 476 g/mol. The van der Waals surface area contributed by atoms with Gasteiger partial charge >= 0.3 is 0 Å². The lowest BCUT2D eigenvalue weighted by Crippen LogP contribution is -2.61. The summed E-state index contributed by atoms with van der Waals surface area (Å²) in [7, 11) is 0. The number of hydrogen-bond acceptors (Lipinski definition) is 7. The van der Waals surface area contributed by atoms with Crippen LogP contribution in [-0.2, 0) is 9.59 Å². The third kappa shape index (κ3) is 4.80. The maximum atomic E-state index is 14.6. The van der Waals surface area contributed by atoms with E-state index >= 15 is 0 Å². The first-order valence-corrected chi connectivity index (χ1v) is 11.3. The van der Waals surface area contributed by atoms with Gasteiger partial charge in [-0.25, -0.2) is 9.97 Å². The number of anilines is 3. The van der Waals surface area contributed by atoms with Gasteiger partial charge in [0.2, 0.25) is 17.6 Å². The van der Waals surface area contributed by atoms with Crippen LogP contribution in [0.5, 0.6) is 0 Å². The minimum absolute atomic E-state index is 0.0592. The lowest BCUT2D eigenvalue weighted by Gasteiger charge is -2.46. The Kier molecular flexibility index (Phi) is 6.55. The Bertz CT molecular complexity index is 1050. The number of rotatable bonds is 5. The van der Waals surface area contributed by atoms with Crippen LogP contribution in [0.15, 0.2) is 24.5 Å². The van der Waals surface area contributed by atoms with Gasteiger partial charge in [-0.05, 0) is 49.9 Å². The van der Waals surface area contributed by atoms with Gasteiger partial charge in [0, 0.05) is 30.3 Å². The van der Waals surface area contributed by atoms with Crippen LogP contribution in [0, 0.1) is 18.7 Å². The van der Waals surface area contributed by atoms with Gasteiger partial charge in [-0.2, -0.15) is 4.39 Å². The van der Waals surface area contributed by atoms with Gasteiger partial charge in [-0.15, -0.1) is 0 Å². The van der Waals surface area contributed by atoms with Gasteiger partial charge in [0.25, 0.3) is 0 Å². The number of nitrogens with one attached hydrogen (secondary N) is 1. The fourth-order valence-electron chi connectivity index (χ4n) is 4.75. The number of nitrogens with zero attached hydrogens (tertiary/aromatic N) is 4. The number of nitrogens with two attached hydrogens (primary N) is 2. The lowest BCUT2D eigenvalue weighted by atomic mass is 9.87. The largest absolute Gasteiger partial charge is 0.381 e. The van der Waals surface area contributed by atoms with E-state index < -0.39 is 29.7 Å². The predicted molar refractivity (Wildman–Crippen MR) is 124 cm³/mol. The molecule has 5 N–H and O–H groups in total. The van der Waals surface area contributed by atoms with Gasteiger partial charge in [0.1, 0.15) is 12.4 Å². The van der Waals surface area contributed by atoms with Crippen LogP contribution in [-0.4, -0.2) is 58.4 Å². The summed E-state index contributed by atoms with van der Waals surface area (Å²) in [6.45, 7) is 3.00. The first-order chi connectivity index (χ1) is 15.7. The summed E-state index contributed by atoms with van der Waals surface area (Å²) < 4.78 is 14.6. The minimum atomic E-state index is -0.713. The summed E-state index contributed by atoms with van der Waals surface area (Å²) >= 11 is 6.16. The quantitative estimate of drug-likeness (QED) is 0.602. The van der Waals surface area contributed by atoms with E-state index in [1.54, 1.807) is 15.9 Å². The van der Waals surface area contributed by atoms with Gasteiger partial charge in [0.15, 0.2) is 11.6 Å². The van der Waals surface area contributed by atoms with Gasteiger partial charge in [-0.1, -0.05) is 11.6 Å². The fraction of sp³-hybridized carbons (Fsp3) is 0.455. The highest BCUT2D eigenvalue weighted by molar-refractivity contribution is 6.30. The topological polar surface area (TPSA) is 130 Å². The summed E-state index contributed by atoms with van der Waals surface area (Å²) in [5, 5.41) is 3.87. The third-order valence-electron chi connectivity index (χ3n) is 6.30. The van der Waals surface area contributed by atoms with E-state index in [-0.39, 0.29) is 24.1 Å². The normalized spacial score (nSPS) is 23.5. The molecule has 0 bridgehead atoms. The molecule has 4 rings (SSSR count). The number of aromatic nitrogens is 2. The second kappa shape index (κ2) is 9.38. The molecule has 0 aliphatic carbocycles. The molecule has 2 aliphatic heterocycles. The molecule has 176 valence electrons. The molecule has 2 aromatic rings. The molecule has 2 saturated heterocycles. The van der Waals surface area contributed by atoms with E-state index in [4.69, 9.17) is 23.1 Å². The van der Waals surface area contributed by atoms with Crippen molar-refractivity contribution in [3.8, 4) is 0 Å². The Labute approximate surface area is 196 Å². The number of piperidine rings is 2. The van der Waals surface area contributed by atoms with Crippen molar-refractivity contribution in [2.24, 2.45) is 11.7 Å². The minimum Gasteiger partial charge on any atom is -0.381 e. The van der Waals surface area contributed by atoms with Crippen LogP contribution in [0.1, 0.15) is 24.8 Å². The molecule has 3 atom stereocenters. The molecule has 0 spiro atoms. The van der Waals surface area contributed by atoms with Crippen LogP contribution in [0.4, 0.5) is 21.7 Å². The number of carbonyl (C=O) groups excluding carboxylic acids is 2. The van der Waals surface area contributed by atoms with Crippen LogP contribution >= 0.6 is 11.6 Å². The number of aryl methyl sites for hydroxylation is 1. The summed E-state index contributed by atoms with van der Waals surface area (Å²) in [6, 6.07) is 4.57. The number of likely N-dealkylation sites (tertiary alicyclic amines) is 1. The number of benzene rings is 1. The fourth-order valence-corrected chi connectivity index (χ4v) is 5.04. The van der Waals surface area contributed by atoms with Crippen molar-refractivity contribution < 1.29 is 14.0 Å². The van der Waals surface area contributed by atoms with Crippen LogP contribution in [0.2, 0.25) is 5.02 Å². The molecule has 3 heterocycles. The van der Waals surface area contributed by atoms with Crippen molar-refractivity contribution in [2.45, 2.75) is 38.3 Å². The van der Waals surface area contributed by atoms with Crippen molar-refractivity contribution in [3.63, 3.8) is 0 Å². The van der Waals surface area contributed by atoms with Crippen molar-refractivity contribution >= 4 is 40.7 Å². The number of primary amides is 1. The molecule has 0 unspecified atom stereocenters. The number of hydrogen-bond donors (Lipinski definition) is 3. The molecular formula is C22H27ClFN7O2. The Morgan fingerprint density at radius 1 is 1.24 bits per heavy atom. The molecule has 1 aromatic carbocycles. The lowest BCUT2D eigenvalue weighted by molar-refractivity contribution is -0.140. The first kappa shape index (κ1) is 23.0. The molecule has 33 heavy (non-hydrogen) atoms. The molecule has 2 aliphatic rings. The highest BCUT2D eigenvalue weighted by Crippen LogP contribution is 2.31. The summed E-state index contributed by atoms with van der Waals surface area (Å²) in [5.74, 6) is -2.04. The summed E-state index contributed by atoms with van der Waals surface area (Å²) in [6.07, 6.45) is 2.97.